The predicted octanol–water partition coefficient (Wildman–Crippen LogP) is 5.60. The maximum Gasteiger partial charge on any atom is 0.323 e. The van der Waals surface area contributed by atoms with Gasteiger partial charge in [-0.1, -0.05) is 35.9 Å². The molecule has 0 aliphatic carbocycles. The average Bonchev–Trinajstić information content (AvgIpc) is 3.12. The summed E-state index contributed by atoms with van der Waals surface area (Å²) >= 11 is 5.99. The summed E-state index contributed by atoms with van der Waals surface area (Å²) in [5, 5.41) is 9.90. The van der Waals surface area contributed by atoms with Gasteiger partial charge in [-0.2, -0.15) is 0 Å². The van der Waals surface area contributed by atoms with E-state index in [2.05, 4.69) is 6.92 Å². The predicted molar refractivity (Wildman–Crippen MR) is 132 cm³/mol. The molecule has 0 radical (unpaired) electrons. The first-order valence-corrected chi connectivity index (χ1v) is 12.0. The fourth-order valence-corrected chi connectivity index (χ4v) is 4.72. The molecule has 0 fully saturated rings. The second kappa shape index (κ2) is 10.7. The molecule has 188 valence electrons. The quantitative estimate of drug-likeness (QED) is 0.404. The minimum absolute atomic E-state index is 0.0623. The van der Waals surface area contributed by atoms with Crippen molar-refractivity contribution in [3.63, 3.8) is 0 Å². The normalized spacial score (nSPS) is 16.3. The summed E-state index contributed by atoms with van der Waals surface area (Å²) in [7, 11) is 0. The summed E-state index contributed by atoms with van der Waals surface area (Å²) in [6, 6.07) is 16.4. The number of nitrogens with zero attached hydrogens (tertiary/aromatic N) is 1. The van der Waals surface area contributed by atoms with Crippen LogP contribution in [0.3, 0.4) is 0 Å². The van der Waals surface area contributed by atoms with Gasteiger partial charge < -0.3 is 14.7 Å². The van der Waals surface area contributed by atoms with Gasteiger partial charge in [-0.05, 0) is 65.9 Å². The third-order valence-electron chi connectivity index (χ3n) is 6.14. The van der Waals surface area contributed by atoms with Crippen LogP contribution in [0.1, 0.15) is 35.6 Å². The van der Waals surface area contributed by atoms with Gasteiger partial charge in [0.2, 0.25) is 5.91 Å². The molecule has 0 aromatic heterocycles. The molecular formula is C28H26ClF2NO4. The van der Waals surface area contributed by atoms with Crippen molar-refractivity contribution in [3.05, 3.63) is 99.6 Å². The molecule has 0 saturated carbocycles. The van der Waals surface area contributed by atoms with Crippen molar-refractivity contribution in [1.29, 1.82) is 0 Å². The number of fused-ring (bicyclic) bond motifs is 1. The number of carboxylic acids is 1. The highest BCUT2D eigenvalue weighted by molar-refractivity contribution is 6.30. The Balaban J connectivity index is 1.39. The summed E-state index contributed by atoms with van der Waals surface area (Å²) in [6.07, 6.45) is 1.89. The van der Waals surface area contributed by atoms with Crippen LogP contribution in [0, 0.1) is 11.6 Å². The van der Waals surface area contributed by atoms with E-state index in [9.17, 15) is 23.5 Å². The molecule has 1 atom stereocenters. The molecule has 0 saturated heterocycles. The molecule has 1 heterocycles. The number of halogens is 3. The lowest BCUT2D eigenvalue weighted by atomic mass is 9.91. The first kappa shape index (κ1) is 25.6. The monoisotopic (exact) mass is 513 g/mol. The summed E-state index contributed by atoms with van der Waals surface area (Å²) in [4.78, 5) is 25.2. The molecule has 8 heteroatoms. The van der Waals surface area contributed by atoms with Gasteiger partial charge in [0.25, 0.3) is 0 Å². The Bertz CT molecular complexity index is 1260. The average molecular weight is 514 g/mol. The van der Waals surface area contributed by atoms with Gasteiger partial charge in [0.05, 0.1) is 0 Å². The van der Waals surface area contributed by atoms with Gasteiger partial charge in [-0.3, -0.25) is 9.59 Å². The van der Waals surface area contributed by atoms with Gasteiger partial charge in [0, 0.05) is 36.9 Å². The van der Waals surface area contributed by atoms with Crippen LogP contribution in [0.25, 0.3) is 0 Å². The Labute approximate surface area is 213 Å². The van der Waals surface area contributed by atoms with E-state index >= 15 is 0 Å². The highest BCUT2D eigenvalue weighted by Crippen LogP contribution is 2.37. The van der Waals surface area contributed by atoms with Crippen LogP contribution >= 0.6 is 11.6 Å². The zero-order valence-electron chi connectivity index (χ0n) is 19.8. The van der Waals surface area contributed by atoms with Gasteiger partial charge in [-0.25, -0.2) is 8.78 Å². The van der Waals surface area contributed by atoms with Gasteiger partial charge in [0.15, 0.2) is 0 Å². The lowest BCUT2D eigenvalue weighted by Crippen LogP contribution is -2.35. The Morgan fingerprint density at radius 1 is 1.00 bits per heavy atom. The molecule has 0 spiro atoms. The van der Waals surface area contributed by atoms with Gasteiger partial charge >= 0.3 is 5.97 Å². The number of ether oxygens (including phenoxy) is 1. The number of hydrogen-bond donors (Lipinski definition) is 1. The first-order chi connectivity index (χ1) is 17.1. The Hall–Kier alpha value is -3.45. The number of amides is 1. The molecule has 3 aromatic rings. The summed E-state index contributed by atoms with van der Waals surface area (Å²) in [5.74, 6) is -2.37. The number of benzene rings is 3. The van der Waals surface area contributed by atoms with E-state index in [4.69, 9.17) is 16.3 Å². The van der Waals surface area contributed by atoms with Crippen molar-refractivity contribution in [2.75, 3.05) is 6.54 Å². The Morgan fingerprint density at radius 2 is 1.67 bits per heavy atom. The van der Waals surface area contributed by atoms with E-state index in [0.29, 0.717) is 17.9 Å². The number of carboxylic acid groups (broad SMARTS) is 1. The maximum atomic E-state index is 13.5. The first-order valence-electron chi connectivity index (χ1n) is 11.6. The van der Waals surface area contributed by atoms with Gasteiger partial charge in [-0.15, -0.1) is 0 Å². The van der Waals surface area contributed by atoms with Crippen molar-refractivity contribution >= 4 is 23.5 Å². The summed E-state index contributed by atoms with van der Waals surface area (Å²) in [6.45, 7) is 1.31. The van der Waals surface area contributed by atoms with E-state index in [-0.39, 0.29) is 18.5 Å². The second-order valence-electron chi connectivity index (χ2n) is 9.40. The van der Waals surface area contributed by atoms with Gasteiger partial charge in [0.1, 0.15) is 29.5 Å². The van der Waals surface area contributed by atoms with Crippen LogP contribution in [-0.4, -0.2) is 34.0 Å². The third-order valence-corrected chi connectivity index (χ3v) is 6.39. The number of aryl methyl sites for hydroxylation is 1. The van der Waals surface area contributed by atoms with Crippen LogP contribution in [0.5, 0.6) is 5.75 Å². The van der Waals surface area contributed by atoms with E-state index < -0.39 is 35.7 Å². The SMILES string of the molecule is C[C@@]1(Cc2ccc(Cl)cc2)Cc2cc(CCC(=O)N(CC(=O)O)Cc3cc(F)cc(F)c3)ccc2O1. The highest BCUT2D eigenvalue weighted by atomic mass is 35.5. The van der Waals surface area contributed by atoms with E-state index in [0.717, 1.165) is 52.0 Å². The molecule has 0 unspecified atom stereocenters. The fraction of sp³-hybridized carbons (Fsp3) is 0.286. The molecule has 5 nitrogen and oxygen atoms in total. The van der Waals surface area contributed by atoms with Crippen LogP contribution in [0.2, 0.25) is 5.02 Å². The number of carbonyl (C=O) groups excluding carboxylic acids is 1. The molecule has 0 bridgehead atoms. The number of carbonyl (C=O) groups is 2. The van der Waals surface area contributed by atoms with Crippen molar-refractivity contribution in [3.8, 4) is 5.75 Å². The number of rotatable bonds is 9. The maximum absolute atomic E-state index is 13.5. The Kier molecular flexibility index (Phi) is 7.59. The molecular weight excluding hydrogens is 488 g/mol. The van der Waals surface area contributed by atoms with Crippen LogP contribution < -0.4 is 4.74 Å². The smallest absolute Gasteiger partial charge is 0.323 e. The zero-order chi connectivity index (χ0) is 25.9. The van der Waals surface area contributed by atoms with Crippen molar-refractivity contribution in [1.82, 2.24) is 4.90 Å². The third kappa shape index (κ3) is 6.61. The van der Waals surface area contributed by atoms with Crippen LogP contribution in [0.4, 0.5) is 8.78 Å². The minimum Gasteiger partial charge on any atom is -0.487 e. The second-order valence-corrected chi connectivity index (χ2v) is 9.83. The van der Waals surface area contributed by atoms with Crippen molar-refractivity contribution < 1.29 is 28.2 Å². The Morgan fingerprint density at radius 3 is 2.33 bits per heavy atom. The van der Waals surface area contributed by atoms with E-state index in [1.807, 2.05) is 42.5 Å². The zero-order valence-corrected chi connectivity index (χ0v) is 20.5. The van der Waals surface area contributed by atoms with Crippen LogP contribution in [0.15, 0.2) is 60.7 Å². The fourth-order valence-electron chi connectivity index (χ4n) is 4.59. The van der Waals surface area contributed by atoms with Crippen molar-refractivity contribution in [2.24, 2.45) is 0 Å². The summed E-state index contributed by atoms with van der Waals surface area (Å²) < 4.78 is 33.3. The number of hydrogen-bond acceptors (Lipinski definition) is 3. The molecule has 1 aliphatic heterocycles. The molecule has 3 aromatic carbocycles. The molecule has 1 N–H and O–H groups in total. The van der Waals surface area contributed by atoms with E-state index in [1.165, 1.54) is 0 Å². The molecule has 1 aliphatic rings. The lowest BCUT2D eigenvalue weighted by molar-refractivity contribution is -0.144. The minimum atomic E-state index is -1.20. The van der Waals surface area contributed by atoms with Crippen LogP contribution in [-0.2, 0) is 35.4 Å². The van der Waals surface area contributed by atoms with E-state index in [1.54, 1.807) is 0 Å². The summed E-state index contributed by atoms with van der Waals surface area (Å²) in [5.41, 5.74) is 2.89. The highest BCUT2D eigenvalue weighted by Gasteiger charge is 2.35. The standard InChI is InChI=1S/C28H26ClF2NO4/c1-28(14-19-2-6-22(29)7-3-19)15-21-10-18(4-8-25(21)36-28)5-9-26(33)32(17-27(34)35)16-20-11-23(30)13-24(31)12-20/h2-4,6-8,10-13H,5,9,14-17H2,1H3,(H,34,35)/t28-/m1/s1. The molecule has 1 amide bonds. The topological polar surface area (TPSA) is 66.8 Å². The molecule has 36 heavy (non-hydrogen) atoms. The largest absolute Gasteiger partial charge is 0.487 e. The molecule has 4 rings (SSSR count). The lowest BCUT2D eigenvalue weighted by Gasteiger charge is -2.24. The number of aliphatic carboxylic acids is 1. The van der Waals surface area contributed by atoms with Crippen molar-refractivity contribution in [2.45, 2.75) is 44.8 Å².